The fraction of sp³-hybridized carbons (Fsp3) is 0.143. The molecule has 90 valence electrons. The number of pyridine rings is 1. The SMILES string of the molecule is NC(=O)c1cnccc1N1Cc2ccccc2C1. The molecule has 0 unspecified atom stereocenters. The Bertz CT molecular complexity index is 584. The van der Waals surface area contributed by atoms with Crippen LogP contribution in [0.2, 0.25) is 0 Å². The number of carbonyl (C=O) groups is 1. The van der Waals surface area contributed by atoms with E-state index in [0.717, 1.165) is 18.8 Å². The van der Waals surface area contributed by atoms with Crippen molar-refractivity contribution in [3.8, 4) is 0 Å². The second-order valence-corrected chi connectivity index (χ2v) is 4.38. The van der Waals surface area contributed by atoms with E-state index in [-0.39, 0.29) is 0 Å². The quantitative estimate of drug-likeness (QED) is 0.867. The zero-order chi connectivity index (χ0) is 12.5. The van der Waals surface area contributed by atoms with Crippen molar-refractivity contribution in [1.29, 1.82) is 0 Å². The molecule has 0 fully saturated rings. The van der Waals surface area contributed by atoms with E-state index in [1.54, 1.807) is 6.20 Å². The smallest absolute Gasteiger partial charge is 0.252 e. The molecule has 0 aliphatic carbocycles. The summed E-state index contributed by atoms with van der Waals surface area (Å²) in [7, 11) is 0. The van der Waals surface area contributed by atoms with Crippen molar-refractivity contribution in [2.24, 2.45) is 5.73 Å². The first kappa shape index (κ1) is 10.8. The lowest BCUT2D eigenvalue weighted by Crippen LogP contribution is -2.21. The van der Waals surface area contributed by atoms with E-state index in [1.165, 1.54) is 17.3 Å². The van der Waals surface area contributed by atoms with Crippen LogP contribution >= 0.6 is 0 Å². The fourth-order valence-corrected chi connectivity index (χ4v) is 2.36. The molecule has 0 saturated carbocycles. The van der Waals surface area contributed by atoms with Crippen molar-refractivity contribution in [2.45, 2.75) is 13.1 Å². The maximum absolute atomic E-state index is 11.4. The number of anilines is 1. The Morgan fingerprint density at radius 1 is 1.17 bits per heavy atom. The Morgan fingerprint density at radius 2 is 1.83 bits per heavy atom. The first-order chi connectivity index (χ1) is 8.75. The molecule has 2 aromatic rings. The first-order valence-corrected chi connectivity index (χ1v) is 5.81. The molecule has 0 bridgehead atoms. The van der Waals surface area contributed by atoms with E-state index in [9.17, 15) is 4.79 Å². The van der Waals surface area contributed by atoms with Crippen LogP contribution in [0.25, 0.3) is 0 Å². The lowest BCUT2D eigenvalue weighted by atomic mass is 10.1. The first-order valence-electron chi connectivity index (χ1n) is 5.81. The van der Waals surface area contributed by atoms with E-state index >= 15 is 0 Å². The Balaban J connectivity index is 1.98. The number of fused-ring (bicyclic) bond motifs is 1. The molecule has 4 heteroatoms. The van der Waals surface area contributed by atoms with E-state index in [0.29, 0.717) is 5.56 Å². The Morgan fingerprint density at radius 3 is 2.44 bits per heavy atom. The predicted octanol–water partition coefficient (Wildman–Crippen LogP) is 1.70. The van der Waals surface area contributed by atoms with Crippen LogP contribution in [0.3, 0.4) is 0 Å². The molecule has 3 rings (SSSR count). The van der Waals surface area contributed by atoms with Gasteiger partial charge in [0.25, 0.3) is 5.91 Å². The summed E-state index contributed by atoms with van der Waals surface area (Å²) >= 11 is 0. The van der Waals surface area contributed by atoms with Gasteiger partial charge in [0.1, 0.15) is 0 Å². The van der Waals surface area contributed by atoms with Crippen molar-refractivity contribution in [3.63, 3.8) is 0 Å². The highest BCUT2D eigenvalue weighted by molar-refractivity contribution is 5.98. The molecular formula is C14H13N3O. The van der Waals surface area contributed by atoms with Crippen LogP contribution in [0.5, 0.6) is 0 Å². The average Bonchev–Trinajstić information content (AvgIpc) is 2.82. The number of aromatic nitrogens is 1. The highest BCUT2D eigenvalue weighted by Gasteiger charge is 2.21. The van der Waals surface area contributed by atoms with Gasteiger partial charge in [-0.1, -0.05) is 24.3 Å². The molecular weight excluding hydrogens is 226 g/mol. The van der Waals surface area contributed by atoms with Gasteiger partial charge in [-0.15, -0.1) is 0 Å². The Labute approximate surface area is 105 Å². The largest absolute Gasteiger partial charge is 0.365 e. The van der Waals surface area contributed by atoms with Crippen LogP contribution in [-0.2, 0) is 13.1 Å². The zero-order valence-corrected chi connectivity index (χ0v) is 9.84. The molecule has 1 amide bonds. The number of carbonyl (C=O) groups excluding carboxylic acids is 1. The van der Waals surface area contributed by atoms with Crippen LogP contribution in [0, 0.1) is 0 Å². The van der Waals surface area contributed by atoms with Crippen LogP contribution in [0.1, 0.15) is 21.5 Å². The molecule has 0 spiro atoms. The van der Waals surface area contributed by atoms with Gasteiger partial charge in [0.15, 0.2) is 0 Å². The number of benzene rings is 1. The third-order valence-corrected chi connectivity index (χ3v) is 3.25. The molecule has 1 aliphatic heterocycles. The number of hydrogen-bond donors (Lipinski definition) is 1. The van der Waals surface area contributed by atoms with E-state index < -0.39 is 5.91 Å². The van der Waals surface area contributed by atoms with Crippen LogP contribution in [0.15, 0.2) is 42.7 Å². The minimum absolute atomic E-state index is 0.436. The molecule has 1 aromatic heterocycles. The van der Waals surface area contributed by atoms with Gasteiger partial charge >= 0.3 is 0 Å². The molecule has 2 heterocycles. The zero-order valence-electron chi connectivity index (χ0n) is 9.84. The molecule has 0 radical (unpaired) electrons. The second kappa shape index (κ2) is 4.14. The summed E-state index contributed by atoms with van der Waals surface area (Å²) in [5.41, 5.74) is 9.31. The van der Waals surface area contributed by atoms with Gasteiger partial charge in [0.05, 0.1) is 11.3 Å². The molecule has 18 heavy (non-hydrogen) atoms. The summed E-state index contributed by atoms with van der Waals surface area (Å²) in [6.07, 6.45) is 3.21. The van der Waals surface area contributed by atoms with Gasteiger partial charge in [-0.3, -0.25) is 9.78 Å². The highest BCUT2D eigenvalue weighted by atomic mass is 16.1. The Hall–Kier alpha value is -2.36. The molecule has 0 saturated heterocycles. The van der Waals surface area contributed by atoms with Crippen molar-refractivity contribution in [2.75, 3.05) is 4.90 Å². The summed E-state index contributed by atoms with van der Waals surface area (Å²) in [5.74, 6) is -0.436. The summed E-state index contributed by atoms with van der Waals surface area (Å²) < 4.78 is 0. The Kier molecular flexibility index (Phi) is 2.48. The third-order valence-electron chi connectivity index (χ3n) is 3.25. The van der Waals surface area contributed by atoms with E-state index in [4.69, 9.17) is 5.73 Å². The lowest BCUT2D eigenvalue weighted by molar-refractivity contribution is 0.100. The van der Waals surface area contributed by atoms with Gasteiger partial charge < -0.3 is 10.6 Å². The minimum Gasteiger partial charge on any atom is -0.365 e. The average molecular weight is 239 g/mol. The lowest BCUT2D eigenvalue weighted by Gasteiger charge is -2.19. The number of nitrogens with two attached hydrogens (primary N) is 1. The van der Waals surface area contributed by atoms with Gasteiger partial charge in [-0.2, -0.15) is 0 Å². The monoisotopic (exact) mass is 239 g/mol. The van der Waals surface area contributed by atoms with Gasteiger partial charge in [0, 0.05) is 25.5 Å². The minimum atomic E-state index is -0.436. The molecule has 2 N–H and O–H groups in total. The third kappa shape index (κ3) is 1.72. The maximum Gasteiger partial charge on any atom is 0.252 e. The van der Waals surface area contributed by atoms with Crippen LogP contribution in [-0.4, -0.2) is 10.9 Å². The van der Waals surface area contributed by atoms with Gasteiger partial charge in [-0.05, 0) is 17.2 Å². The van der Waals surface area contributed by atoms with Crippen molar-refractivity contribution < 1.29 is 4.79 Å². The fourth-order valence-electron chi connectivity index (χ4n) is 2.36. The van der Waals surface area contributed by atoms with Crippen molar-refractivity contribution in [1.82, 2.24) is 4.98 Å². The highest BCUT2D eigenvalue weighted by Crippen LogP contribution is 2.29. The molecule has 1 aliphatic rings. The predicted molar refractivity (Wildman–Crippen MR) is 69.1 cm³/mol. The molecule has 4 nitrogen and oxygen atoms in total. The number of amides is 1. The van der Waals surface area contributed by atoms with Gasteiger partial charge in [-0.25, -0.2) is 0 Å². The number of primary amides is 1. The van der Waals surface area contributed by atoms with E-state index in [2.05, 4.69) is 22.0 Å². The van der Waals surface area contributed by atoms with Crippen LogP contribution in [0.4, 0.5) is 5.69 Å². The van der Waals surface area contributed by atoms with Crippen molar-refractivity contribution in [3.05, 3.63) is 59.4 Å². The molecule has 0 atom stereocenters. The summed E-state index contributed by atoms with van der Waals surface area (Å²) in [6.45, 7) is 1.61. The number of nitrogens with zero attached hydrogens (tertiary/aromatic N) is 2. The molecule has 1 aromatic carbocycles. The number of hydrogen-bond acceptors (Lipinski definition) is 3. The normalized spacial score (nSPS) is 13.4. The standard InChI is InChI=1S/C14H13N3O/c15-14(18)12-7-16-6-5-13(12)17-8-10-3-1-2-4-11(10)9-17/h1-7H,8-9H2,(H2,15,18). The topological polar surface area (TPSA) is 59.2 Å². The van der Waals surface area contributed by atoms with Crippen molar-refractivity contribution >= 4 is 11.6 Å². The maximum atomic E-state index is 11.4. The van der Waals surface area contributed by atoms with E-state index in [1.807, 2.05) is 18.2 Å². The summed E-state index contributed by atoms with van der Waals surface area (Å²) in [6, 6.07) is 10.1. The summed E-state index contributed by atoms with van der Waals surface area (Å²) in [4.78, 5) is 17.5. The van der Waals surface area contributed by atoms with Crippen LogP contribution < -0.4 is 10.6 Å². The number of rotatable bonds is 2. The van der Waals surface area contributed by atoms with Gasteiger partial charge in [0.2, 0.25) is 0 Å². The second-order valence-electron chi connectivity index (χ2n) is 4.38. The summed E-state index contributed by atoms with van der Waals surface area (Å²) in [5, 5.41) is 0.